The molecule has 0 aliphatic heterocycles. The van der Waals surface area contributed by atoms with E-state index in [0.29, 0.717) is 16.7 Å². The SMILES string of the molecule is CC(=O)OC1CCC2(C)C3=C(CCC2C1(C)C)[C@@]1(C)CCC(C(C)CCC=C(C)C)[C@@]1(C)CC3. The Labute approximate surface area is 210 Å². The van der Waals surface area contributed by atoms with Crippen molar-refractivity contribution in [3.05, 3.63) is 22.8 Å². The van der Waals surface area contributed by atoms with Crippen LogP contribution in [0.4, 0.5) is 0 Å². The van der Waals surface area contributed by atoms with E-state index in [2.05, 4.69) is 61.5 Å². The van der Waals surface area contributed by atoms with Crippen LogP contribution in [0.5, 0.6) is 0 Å². The number of hydrogen-bond acceptors (Lipinski definition) is 2. The molecule has 2 fully saturated rings. The molecule has 0 amide bonds. The largest absolute Gasteiger partial charge is 0.462 e. The van der Waals surface area contributed by atoms with Crippen molar-refractivity contribution in [2.75, 3.05) is 0 Å². The number of fused-ring (bicyclic) bond motifs is 4. The number of rotatable bonds is 5. The highest BCUT2D eigenvalue weighted by atomic mass is 16.5. The fourth-order valence-electron chi connectivity index (χ4n) is 9.86. The van der Waals surface area contributed by atoms with Crippen molar-refractivity contribution in [1.82, 2.24) is 0 Å². The Morgan fingerprint density at radius 3 is 2.32 bits per heavy atom. The van der Waals surface area contributed by atoms with Crippen LogP contribution in [-0.2, 0) is 9.53 Å². The summed E-state index contributed by atoms with van der Waals surface area (Å²) in [5.41, 5.74) is 6.25. The van der Waals surface area contributed by atoms with Crippen LogP contribution in [0.25, 0.3) is 0 Å². The summed E-state index contributed by atoms with van der Waals surface area (Å²) >= 11 is 0. The molecule has 4 rings (SSSR count). The minimum atomic E-state index is -0.117. The van der Waals surface area contributed by atoms with Gasteiger partial charge in [0.1, 0.15) is 6.10 Å². The fourth-order valence-corrected chi connectivity index (χ4v) is 9.86. The maximum absolute atomic E-state index is 11.8. The molecule has 0 aromatic rings. The quantitative estimate of drug-likeness (QED) is 0.297. The molecule has 2 heteroatoms. The lowest BCUT2D eigenvalue weighted by Gasteiger charge is -2.62. The van der Waals surface area contributed by atoms with E-state index >= 15 is 0 Å². The van der Waals surface area contributed by atoms with Gasteiger partial charge in [-0.3, -0.25) is 4.79 Å². The maximum Gasteiger partial charge on any atom is 0.302 e. The first kappa shape index (κ1) is 26.0. The first-order valence-electron chi connectivity index (χ1n) is 14.3. The zero-order valence-corrected chi connectivity index (χ0v) is 23.8. The average molecular weight is 469 g/mol. The summed E-state index contributed by atoms with van der Waals surface area (Å²) in [4.78, 5) is 11.8. The smallest absolute Gasteiger partial charge is 0.302 e. The van der Waals surface area contributed by atoms with Gasteiger partial charge in [-0.2, -0.15) is 0 Å². The lowest BCUT2D eigenvalue weighted by atomic mass is 9.43. The molecule has 2 nitrogen and oxygen atoms in total. The topological polar surface area (TPSA) is 26.3 Å². The third-order valence-electron chi connectivity index (χ3n) is 11.9. The first-order valence-corrected chi connectivity index (χ1v) is 14.3. The summed E-state index contributed by atoms with van der Waals surface area (Å²) in [6, 6.07) is 0. The maximum atomic E-state index is 11.8. The van der Waals surface area contributed by atoms with Gasteiger partial charge in [-0.1, -0.05) is 64.3 Å². The van der Waals surface area contributed by atoms with E-state index in [0.717, 1.165) is 18.3 Å². The molecule has 5 unspecified atom stereocenters. The van der Waals surface area contributed by atoms with Crippen molar-refractivity contribution in [3.8, 4) is 0 Å². The summed E-state index contributed by atoms with van der Waals surface area (Å²) in [6.07, 6.45) is 15.2. The summed E-state index contributed by atoms with van der Waals surface area (Å²) in [5.74, 6) is 2.13. The van der Waals surface area contributed by atoms with E-state index in [1.807, 2.05) is 11.1 Å². The first-order chi connectivity index (χ1) is 15.8. The Kier molecular flexibility index (Phi) is 6.74. The van der Waals surface area contributed by atoms with Gasteiger partial charge in [0.15, 0.2) is 0 Å². The number of allylic oxidation sites excluding steroid dienone is 4. The number of ether oxygens (including phenoxy) is 1. The molecule has 4 aliphatic rings. The van der Waals surface area contributed by atoms with Crippen LogP contribution >= 0.6 is 0 Å². The molecule has 4 aliphatic carbocycles. The Morgan fingerprint density at radius 2 is 1.68 bits per heavy atom. The summed E-state index contributed by atoms with van der Waals surface area (Å²) < 4.78 is 5.87. The van der Waals surface area contributed by atoms with Crippen molar-refractivity contribution < 1.29 is 9.53 Å². The van der Waals surface area contributed by atoms with Crippen LogP contribution in [-0.4, -0.2) is 12.1 Å². The highest BCUT2D eigenvalue weighted by molar-refractivity contribution is 5.66. The van der Waals surface area contributed by atoms with Gasteiger partial charge in [-0.15, -0.1) is 0 Å². The van der Waals surface area contributed by atoms with Crippen molar-refractivity contribution in [2.24, 2.45) is 39.4 Å². The molecule has 2 saturated carbocycles. The summed E-state index contributed by atoms with van der Waals surface area (Å²) in [6.45, 7) is 21.2. The molecule has 0 heterocycles. The molecule has 7 atom stereocenters. The van der Waals surface area contributed by atoms with Gasteiger partial charge in [0, 0.05) is 12.3 Å². The molecular formula is C32H52O2. The van der Waals surface area contributed by atoms with E-state index in [-0.39, 0.29) is 22.9 Å². The molecule has 0 bridgehead atoms. The lowest BCUT2D eigenvalue weighted by Crippen LogP contribution is -2.55. The molecule has 34 heavy (non-hydrogen) atoms. The molecule has 0 saturated heterocycles. The fraction of sp³-hybridized carbons (Fsp3) is 0.844. The van der Waals surface area contributed by atoms with E-state index < -0.39 is 0 Å². The van der Waals surface area contributed by atoms with Crippen LogP contribution in [0.15, 0.2) is 22.8 Å². The molecule has 0 N–H and O–H groups in total. The van der Waals surface area contributed by atoms with Crippen LogP contribution in [0.3, 0.4) is 0 Å². The molecule has 0 spiro atoms. The Bertz CT molecular complexity index is 873. The zero-order valence-electron chi connectivity index (χ0n) is 23.8. The highest BCUT2D eigenvalue weighted by Crippen LogP contribution is 2.72. The average Bonchev–Trinajstić information content (AvgIpc) is 3.01. The monoisotopic (exact) mass is 468 g/mol. The van der Waals surface area contributed by atoms with Crippen molar-refractivity contribution in [1.29, 1.82) is 0 Å². The van der Waals surface area contributed by atoms with Crippen LogP contribution < -0.4 is 0 Å². The van der Waals surface area contributed by atoms with Crippen molar-refractivity contribution in [2.45, 2.75) is 133 Å². The van der Waals surface area contributed by atoms with Gasteiger partial charge in [0.05, 0.1) is 0 Å². The van der Waals surface area contributed by atoms with Gasteiger partial charge < -0.3 is 4.74 Å². The number of carbonyl (C=O) groups excluding carboxylic acids is 1. The summed E-state index contributed by atoms with van der Waals surface area (Å²) in [5, 5.41) is 0. The van der Waals surface area contributed by atoms with Crippen LogP contribution in [0.2, 0.25) is 0 Å². The molecule has 0 radical (unpaired) electrons. The Balaban J connectivity index is 1.63. The third-order valence-corrected chi connectivity index (χ3v) is 11.9. The van der Waals surface area contributed by atoms with Crippen molar-refractivity contribution >= 4 is 5.97 Å². The van der Waals surface area contributed by atoms with Crippen LogP contribution in [0.1, 0.15) is 127 Å². The highest BCUT2D eigenvalue weighted by Gasteiger charge is 2.63. The van der Waals surface area contributed by atoms with Gasteiger partial charge in [0.2, 0.25) is 0 Å². The van der Waals surface area contributed by atoms with Gasteiger partial charge >= 0.3 is 5.97 Å². The molecular weight excluding hydrogens is 416 g/mol. The standard InChI is InChI=1S/C32H52O2/c1-21(2)11-10-12-22(3)24-15-19-32(9)26-13-14-27-29(5,6)28(34-23(4)33)17-18-30(27,7)25(26)16-20-31(24,32)8/h11,22,24,27-28H,10,12-20H2,1-9H3/t22?,24?,27?,28?,30?,31-,32-/m1/s1. The second-order valence-corrected chi connectivity index (χ2v) is 14.2. The predicted octanol–water partition coefficient (Wildman–Crippen LogP) is 9.05. The Hall–Kier alpha value is -1.05. The lowest BCUT2D eigenvalue weighted by molar-refractivity contribution is -0.167. The van der Waals surface area contributed by atoms with E-state index in [1.165, 1.54) is 63.4 Å². The Morgan fingerprint density at radius 1 is 0.971 bits per heavy atom. The molecule has 0 aromatic heterocycles. The second-order valence-electron chi connectivity index (χ2n) is 14.2. The van der Waals surface area contributed by atoms with E-state index in [1.54, 1.807) is 6.92 Å². The van der Waals surface area contributed by atoms with Crippen molar-refractivity contribution in [3.63, 3.8) is 0 Å². The van der Waals surface area contributed by atoms with Gasteiger partial charge in [-0.25, -0.2) is 0 Å². The molecule has 192 valence electrons. The minimum Gasteiger partial charge on any atom is -0.462 e. The number of esters is 1. The molecule has 0 aromatic carbocycles. The number of hydrogen-bond donors (Lipinski definition) is 0. The van der Waals surface area contributed by atoms with Gasteiger partial charge in [-0.05, 0) is 112 Å². The summed E-state index contributed by atoms with van der Waals surface area (Å²) in [7, 11) is 0. The predicted molar refractivity (Wildman–Crippen MR) is 142 cm³/mol. The third kappa shape index (κ3) is 3.85. The zero-order chi connectivity index (χ0) is 25.1. The van der Waals surface area contributed by atoms with Gasteiger partial charge in [0.25, 0.3) is 0 Å². The second kappa shape index (κ2) is 8.81. The minimum absolute atomic E-state index is 0.0382. The van der Waals surface area contributed by atoms with E-state index in [4.69, 9.17) is 4.74 Å². The normalized spacial score (nSPS) is 41.7. The number of carbonyl (C=O) groups is 1. The van der Waals surface area contributed by atoms with Crippen LogP contribution in [0, 0.1) is 39.4 Å². The van der Waals surface area contributed by atoms with E-state index in [9.17, 15) is 4.79 Å².